The number of piperidine rings is 1. The van der Waals surface area contributed by atoms with Gasteiger partial charge in [-0.25, -0.2) is 0 Å². The molecule has 0 aromatic rings. The van der Waals surface area contributed by atoms with E-state index in [1.807, 2.05) is 11.9 Å². The van der Waals surface area contributed by atoms with Crippen LogP contribution in [-0.2, 0) is 9.53 Å². The number of hydrogen-bond acceptors (Lipinski definition) is 5. The first-order valence-electron chi connectivity index (χ1n) is 9.40. The molecule has 25 heavy (non-hydrogen) atoms. The summed E-state index contributed by atoms with van der Waals surface area (Å²) in [5, 5.41) is 7.01. The number of carbonyl (C=O) groups is 1. The van der Waals surface area contributed by atoms with Gasteiger partial charge in [-0.2, -0.15) is 0 Å². The van der Waals surface area contributed by atoms with E-state index in [-0.39, 0.29) is 12.5 Å². The molecule has 8 nitrogen and oxygen atoms in total. The fourth-order valence-corrected chi connectivity index (χ4v) is 4.01. The van der Waals surface area contributed by atoms with Crippen molar-refractivity contribution in [1.82, 2.24) is 25.3 Å². The zero-order chi connectivity index (χ0) is 17.6. The molecule has 4 aliphatic heterocycles. The maximum Gasteiger partial charge on any atom is 0.248 e. The maximum absolute atomic E-state index is 11.9. The van der Waals surface area contributed by atoms with E-state index in [2.05, 4.69) is 25.4 Å². The van der Waals surface area contributed by atoms with Crippen molar-refractivity contribution < 1.29 is 9.53 Å². The van der Waals surface area contributed by atoms with Crippen LogP contribution in [0, 0.1) is 0 Å². The molecular formula is C17H32N6O2. The molecule has 0 aliphatic carbocycles. The van der Waals surface area contributed by atoms with Crippen molar-refractivity contribution >= 4 is 11.9 Å². The highest BCUT2D eigenvalue weighted by Crippen LogP contribution is 2.15. The largest absolute Gasteiger partial charge is 0.375 e. The number of nitrogens with one attached hydrogen (secondary N) is 2. The van der Waals surface area contributed by atoms with Crippen LogP contribution in [0.1, 0.15) is 12.8 Å². The van der Waals surface area contributed by atoms with Crippen LogP contribution in [0.15, 0.2) is 4.99 Å². The van der Waals surface area contributed by atoms with Crippen LogP contribution in [-0.4, -0.2) is 112 Å². The van der Waals surface area contributed by atoms with Crippen LogP contribution in [0.25, 0.3) is 0 Å². The standard InChI is InChI=1S/C17H32N6O2/c1-18-17(19-11-15-12-21-7-9-22(15)10-8-21)20-14-3-5-23(6-4-14)16(24)13-25-2/h14-15H,3-13H2,1-2H3,(H2,18,19,20). The second kappa shape index (κ2) is 8.82. The minimum absolute atomic E-state index is 0.0832. The Morgan fingerprint density at radius 1 is 1.16 bits per heavy atom. The average molecular weight is 352 g/mol. The summed E-state index contributed by atoms with van der Waals surface area (Å²) in [7, 11) is 3.39. The number of fused-ring (bicyclic) bond motifs is 3. The number of amides is 1. The van der Waals surface area contributed by atoms with Crippen molar-refractivity contribution in [1.29, 1.82) is 0 Å². The van der Waals surface area contributed by atoms with E-state index in [9.17, 15) is 4.79 Å². The second-order valence-corrected chi connectivity index (χ2v) is 7.18. The smallest absolute Gasteiger partial charge is 0.248 e. The SMILES string of the molecule is CN=C(NCC1CN2CCN1CC2)NC1CCN(C(=O)COC)CC1. The molecule has 0 saturated carbocycles. The van der Waals surface area contributed by atoms with Gasteiger partial charge in [-0.1, -0.05) is 0 Å². The Morgan fingerprint density at radius 3 is 2.44 bits per heavy atom. The van der Waals surface area contributed by atoms with Gasteiger partial charge in [-0.15, -0.1) is 0 Å². The third-order valence-corrected chi connectivity index (χ3v) is 5.58. The van der Waals surface area contributed by atoms with E-state index in [0.717, 1.165) is 45.0 Å². The van der Waals surface area contributed by atoms with Crippen LogP contribution in [0.3, 0.4) is 0 Å². The molecule has 4 aliphatic rings. The number of guanidine groups is 1. The van der Waals surface area contributed by atoms with E-state index in [1.54, 1.807) is 7.11 Å². The molecule has 0 spiro atoms. The zero-order valence-corrected chi connectivity index (χ0v) is 15.5. The zero-order valence-electron chi connectivity index (χ0n) is 15.5. The summed E-state index contributed by atoms with van der Waals surface area (Å²) in [6.07, 6.45) is 1.89. The van der Waals surface area contributed by atoms with Crippen molar-refractivity contribution in [2.45, 2.75) is 24.9 Å². The Balaban J connectivity index is 1.39. The summed E-state index contributed by atoms with van der Waals surface area (Å²) in [5.41, 5.74) is 0. The summed E-state index contributed by atoms with van der Waals surface area (Å²) in [6.45, 7) is 8.62. The number of rotatable bonds is 5. The lowest BCUT2D eigenvalue weighted by Crippen LogP contribution is -2.64. The van der Waals surface area contributed by atoms with Gasteiger partial charge >= 0.3 is 0 Å². The number of likely N-dealkylation sites (tertiary alicyclic amines) is 1. The number of piperazine rings is 3. The Hall–Kier alpha value is -1.38. The maximum atomic E-state index is 11.9. The molecule has 1 amide bonds. The van der Waals surface area contributed by atoms with Gasteiger partial charge in [0.2, 0.25) is 5.91 Å². The summed E-state index contributed by atoms with van der Waals surface area (Å²) >= 11 is 0. The Labute approximate surface area is 150 Å². The van der Waals surface area contributed by atoms with E-state index in [4.69, 9.17) is 4.74 Å². The van der Waals surface area contributed by atoms with Crippen molar-refractivity contribution in [3.63, 3.8) is 0 Å². The molecule has 0 aromatic carbocycles. The van der Waals surface area contributed by atoms with Gasteiger partial charge < -0.3 is 20.3 Å². The monoisotopic (exact) mass is 352 g/mol. The molecule has 2 N–H and O–H groups in total. The fourth-order valence-electron chi connectivity index (χ4n) is 4.01. The predicted octanol–water partition coefficient (Wildman–Crippen LogP) is -1.21. The Morgan fingerprint density at radius 2 is 1.88 bits per heavy atom. The first-order chi connectivity index (χ1) is 12.2. The lowest BCUT2D eigenvalue weighted by atomic mass is 10.1. The van der Waals surface area contributed by atoms with E-state index in [1.165, 1.54) is 26.2 Å². The molecule has 0 aromatic heterocycles. The molecule has 0 radical (unpaired) electrons. The van der Waals surface area contributed by atoms with Gasteiger partial charge in [-0.05, 0) is 12.8 Å². The van der Waals surface area contributed by atoms with Gasteiger partial charge in [0, 0.05) is 78.6 Å². The molecule has 4 heterocycles. The van der Waals surface area contributed by atoms with Crippen molar-refractivity contribution in [2.75, 3.05) is 73.1 Å². The summed E-state index contributed by atoms with van der Waals surface area (Å²) in [5.74, 6) is 0.958. The lowest BCUT2D eigenvalue weighted by molar-refractivity contribution is -0.136. The molecule has 8 heteroatoms. The van der Waals surface area contributed by atoms with E-state index < -0.39 is 0 Å². The topological polar surface area (TPSA) is 72.4 Å². The number of nitrogens with zero attached hydrogens (tertiary/aromatic N) is 4. The molecule has 4 fully saturated rings. The first kappa shape index (κ1) is 18.4. The van der Waals surface area contributed by atoms with Gasteiger partial charge in [0.1, 0.15) is 6.61 Å². The number of hydrogen-bond donors (Lipinski definition) is 2. The summed E-state index contributed by atoms with van der Waals surface area (Å²) in [4.78, 5) is 23.3. The lowest BCUT2D eigenvalue weighted by Gasteiger charge is -2.47. The van der Waals surface area contributed by atoms with Crippen molar-refractivity contribution in [3.8, 4) is 0 Å². The van der Waals surface area contributed by atoms with Crippen LogP contribution in [0.5, 0.6) is 0 Å². The van der Waals surface area contributed by atoms with E-state index >= 15 is 0 Å². The predicted molar refractivity (Wildman–Crippen MR) is 97.8 cm³/mol. The molecule has 4 saturated heterocycles. The van der Waals surface area contributed by atoms with Gasteiger partial charge in [0.15, 0.2) is 5.96 Å². The molecule has 1 atom stereocenters. The van der Waals surface area contributed by atoms with Crippen LogP contribution >= 0.6 is 0 Å². The van der Waals surface area contributed by atoms with Crippen LogP contribution in [0.2, 0.25) is 0 Å². The third kappa shape index (κ3) is 4.83. The minimum Gasteiger partial charge on any atom is -0.375 e. The molecule has 142 valence electrons. The molecule has 4 rings (SSSR count). The number of methoxy groups -OCH3 is 1. The van der Waals surface area contributed by atoms with E-state index in [0.29, 0.717) is 12.1 Å². The number of ether oxygens (including phenoxy) is 1. The molecular weight excluding hydrogens is 320 g/mol. The van der Waals surface area contributed by atoms with Gasteiger partial charge in [-0.3, -0.25) is 19.6 Å². The Kier molecular flexibility index (Phi) is 6.50. The van der Waals surface area contributed by atoms with Gasteiger partial charge in [0.25, 0.3) is 0 Å². The third-order valence-electron chi connectivity index (χ3n) is 5.58. The quantitative estimate of drug-likeness (QED) is 0.478. The number of aliphatic imine (C=N–C) groups is 1. The number of carbonyl (C=O) groups excluding carboxylic acids is 1. The Bertz CT molecular complexity index is 470. The van der Waals surface area contributed by atoms with Gasteiger partial charge in [0.05, 0.1) is 0 Å². The normalized spacial score (nSPS) is 30.4. The van der Waals surface area contributed by atoms with Crippen LogP contribution in [0.4, 0.5) is 0 Å². The fraction of sp³-hybridized carbons (Fsp3) is 0.882. The first-order valence-corrected chi connectivity index (χ1v) is 9.40. The molecule has 1 unspecified atom stereocenters. The van der Waals surface area contributed by atoms with Crippen molar-refractivity contribution in [2.24, 2.45) is 4.99 Å². The summed E-state index contributed by atoms with van der Waals surface area (Å²) < 4.78 is 4.93. The van der Waals surface area contributed by atoms with Crippen molar-refractivity contribution in [3.05, 3.63) is 0 Å². The minimum atomic E-state index is 0.0832. The second-order valence-electron chi connectivity index (χ2n) is 7.18. The highest BCUT2D eigenvalue weighted by molar-refractivity contribution is 5.80. The van der Waals surface area contributed by atoms with Crippen LogP contribution < -0.4 is 10.6 Å². The molecule has 2 bridgehead atoms. The summed E-state index contributed by atoms with van der Waals surface area (Å²) in [6, 6.07) is 0.944. The average Bonchev–Trinajstić information content (AvgIpc) is 2.66. The highest BCUT2D eigenvalue weighted by Gasteiger charge is 2.31. The highest BCUT2D eigenvalue weighted by atomic mass is 16.5.